The number of H-pyrrole nitrogens is 6. The maximum atomic E-state index is 13.1. The van der Waals surface area contributed by atoms with E-state index in [0.717, 1.165) is 122 Å². The Kier molecular flexibility index (Phi) is 30.9. The van der Waals surface area contributed by atoms with Crippen LogP contribution in [0.5, 0.6) is 0 Å². The summed E-state index contributed by atoms with van der Waals surface area (Å²) < 4.78 is 6.62. The molecule has 144 heavy (non-hydrogen) atoms. The number of aliphatic hydroxyl groups is 1. The first-order valence-electron chi connectivity index (χ1n) is 50.1. The molecule has 0 spiro atoms. The van der Waals surface area contributed by atoms with Crippen LogP contribution < -0.4 is 54.1 Å². The number of benzene rings is 8. The van der Waals surface area contributed by atoms with Gasteiger partial charge in [0.05, 0.1) is 34.9 Å². The van der Waals surface area contributed by atoms with E-state index in [4.69, 9.17) is 40.0 Å². The molecule has 0 saturated heterocycles. The molecule has 8 aromatic carbocycles. The van der Waals surface area contributed by atoms with Crippen molar-refractivity contribution in [1.29, 1.82) is 0 Å². The molecule has 31 nitrogen and oxygen atoms in total. The molecule has 2 aliphatic carbocycles. The van der Waals surface area contributed by atoms with E-state index in [-0.39, 0.29) is 50.5 Å². The molecule has 0 saturated carbocycles. The fourth-order valence-corrected chi connectivity index (χ4v) is 18.1. The second-order valence-corrected chi connectivity index (χ2v) is 41.4. The molecule has 31 heteroatoms. The number of aromatic nitrogens is 20. The summed E-state index contributed by atoms with van der Waals surface area (Å²) in [5.74, 6) is 4.55. The summed E-state index contributed by atoms with van der Waals surface area (Å²) in [7, 11) is 0. The molecule has 10 aromatic heterocycles. The smallest absolute Gasteiger partial charge is 0.270 e. The number of hydrogen-bond donors (Lipinski definition) is 13. The normalized spacial score (nSPS) is 12.8. The number of hydrogen-bond acceptors (Lipinski definition) is 21. The summed E-state index contributed by atoms with van der Waals surface area (Å²) in [5, 5.41) is 41.7. The largest absolute Gasteiger partial charge is 0.396 e. The van der Waals surface area contributed by atoms with Gasteiger partial charge in [-0.3, -0.25) is 39.6 Å². The van der Waals surface area contributed by atoms with Crippen molar-refractivity contribution in [3.8, 4) is 45.6 Å². The highest BCUT2D eigenvalue weighted by atomic mass is 16.3. The number of imidazole rings is 2. The number of nitrogens with zero attached hydrogens (tertiary/aromatic N) is 14. The van der Waals surface area contributed by atoms with Crippen LogP contribution in [0, 0.1) is 0 Å². The Hall–Kier alpha value is -15.3. The summed E-state index contributed by atoms with van der Waals surface area (Å²) in [4.78, 5) is 104. The van der Waals surface area contributed by atoms with Gasteiger partial charge in [-0.05, 0) is 142 Å². The van der Waals surface area contributed by atoms with E-state index in [2.05, 4.69) is 289 Å². The molecule has 0 unspecified atom stereocenters. The highest BCUT2D eigenvalue weighted by Crippen LogP contribution is 2.34. The number of aromatic amines is 6. The van der Waals surface area contributed by atoms with E-state index in [1.54, 1.807) is 43.1 Å². The van der Waals surface area contributed by atoms with Crippen molar-refractivity contribution in [2.24, 2.45) is 0 Å². The van der Waals surface area contributed by atoms with E-state index in [1.165, 1.54) is 44.5 Å². The number of unbranched alkanes of at least 4 members (excludes halogenated alkanes) is 1. The van der Waals surface area contributed by atoms with Crippen LogP contribution in [0.1, 0.15) is 211 Å². The Morgan fingerprint density at radius 2 is 0.583 bits per heavy atom. The average molecular weight is 1930 g/mol. The Balaban J connectivity index is 0.000000133. The van der Waals surface area contributed by atoms with Crippen LogP contribution in [0.25, 0.3) is 68.1 Å². The molecule has 0 atom stereocenters. The first-order chi connectivity index (χ1) is 69.4. The van der Waals surface area contributed by atoms with Gasteiger partial charge in [-0.25, -0.2) is 48.0 Å². The maximum Gasteiger partial charge on any atom is 0.270 e. The zero-order valence-electron chi connectivity index (χ0n) is 84.6. The summed E-state index contributed by atoms with van der Waals surface area (Å²) in [6.07, 6.45) is 17.3. The van der Waals surface area contributed by atoms with Crippen LogP contribution in [0.15, 0.2) is 250 Å². The number of aliphatic hydroxyl groups excluding tert-OH is 1. The van der Waals surface area contributed by atoms with Crippen molar-refractivity contribution < 1.29 is 5.11 Å². The van der Waals surface area contributed by atoms with Crippen molar-refractivity contribution in [1.82, 2.24) is 109 Å². The number of fused-ring (bicyclic) bond motifs is 6. The molecular weight excluding hydrogens is 1800 g/mol. The van der Waals surface area contributed by atoms with Gasteiger partial charge < -0.3 is 47.0 Å². The van der Waals surface area contributed by atoms with E-state index < -0.39 is 0 Å². The molecule has 0 aliphatic heterocycles. The first kappa shape index (κ1) is 100. The Bertz CT molecular complexity index is 7570. The number of anilines is 4. The van der Waals surface area contributed by atoms with Crippen molar-refractivity contribution in [2.45, 2.75) is 207 Å². The molecule has 0 fully saturated rings. The van der Waals surface area contributed by atoms with Gasteiger partial charge in [0.25, 0.3) is 22.2 Å². The molecule has 0 bridgehead atoms. The summed E-state index contributed by atoms with van der Waals surface area (Å²) in [6.45, 7) is 33.0. The van der Waals surface area contributed by atoms with Crippen molar-refractivity contribution in [3.63, 3.8) is 0 Å². The number of rotatable bonds is 32. The van der Waals surface area contributed by atoms with Crippen LogP contribution in [-0.2, 0) is 73.0 Å². The molecule has 0 amide bonds. The fraction of sp³-hybridized carbons (Fsp3) is 0.345. The van der Waals surface area contributed by atoms with E-state index in [1.807, 2.05) is 84.9 Å². The third kappa shape index (κ3) is 24.3. The minimum absolute atomic E-state index is 0.0522. The van der Waals surface area contributed by atoms with E-state index in [0.29, 0.717) is 149 Å². The zero-order chi connectivity index (χ0) is 101. The van der Waals surface area contributed by atoms with Gasteiger partial charge in [0.15, 0.2) is 45.9 Å². The lowest BCUT2D eigenvalue weighted by atomic mass is 9.86. The highest BCUT2D eigenvalue weighted by Gasteiger charge is 2.28. The molecular formula is C113H132N26O5. The minimum Gasteiger partial charge on any atom is -0.396 e. The molecule has 10 heterocycles. The van der Waals surface area contributed by atoms with Crippen molar-refractivity contribution >= 4 is 46.4 Å². The van der Waals surface area contributed by atoms with Gasteiger partial charge in [-0.1, -0.05) is 303 Å². The van der Waals surface area contributed by atoms with Crippen LogP contribution in [-0.4, -0.2) is 161 Å². The first-order valence-corrected chi connectivity index (χ1v) is 50.1. The van der Waals surface area contributed by atoms with Gasteiger partial charge in [-0.2, -0.15) is 19.9 Å². The van der Waals surface area contributed by atoms with Crippen LogP contribution >= 0.6 is 0 Å². The van der Waals surface area contributed by atoms with E-state index in [9.17, 15) is 19.2 Å². The second-order valence-electron chi connectivity index (χ2n) is 41.4. The number of nitrogens with one attached hydrogen (secondary N) is 12. The Morgan fingerprint density at radius 3 is 0.840 bits per heavy atom. The van der Waals surface area contributed by atoms with Gasteiger partial charge >= 0.3 is 0 Å². The lowest BCUT2D eigenvalue weighted by molar-refractivity contribution is 0.292. The van der Waals surface area contributed by atoms with Gasteiger partial charge in [0.2, 0.25) is 23.8 Å². The Labute approximate surface area is 837 Å². The van der Waals surface area contributed by atoms with Crippen molar-refractivity contribution in [2.75, 3.05) is 67.1 Å². The van der Waals surface area contributed by atoms with Gasteiger partial charge in [0.1, 0.15) is 0 Å². The van der Waals surface area contributed by atoms with Gasteiger partial charge in [0, 0.05) is 117 Å². The van der Waals surface area contributed by atoms with Crippen LogP contribution in [0.3, 0.4) is 0 Å². The third-order valence-electron chi connectivity index (χ3n) is 26.4. The third-order valence-corrected chi connectivity index (χ3v) is 26.4. The summed E-state index contributed by atoms with van der Waals surface area (Å²) in [6, 6.07) is 71.6. The maximum absolute atomic E-state index is 13.1. The summed E-state index contributed by atoms with van der Waals surface area (Å²) in [5.41, 5.74) is 22.4. The molecule has 18 aromatic rings. The molecule has 2 aliphatic rings. The average Bonchev–Trinajstić information content (AvgIpc) is 1.62. The lowest BCUT2D eigenvalue weighted by Crippen LogP contribution is -2.31. The molecule has 0 radical (unpaired) electrons. The van der Waals surface area contributed by atoms with Gasteiger partial charge in [-0.15, -0.1) is 0 Å². The zero-order valence-corrected chi connectivity index (χ0v) is 84.6. The van der Waals surface area contributed by atoms with Crippen LogP contribution in [0.4, 0.5) is 23.8 Å². The molecule has 20 rings (SSSR count). The van der Waals surface area contributed by atoms with E-state index >= 15 is 0 Å². The van der Waals surface area contributed by atoms with Crippen molar-refractivity contribution in [3.05, 3.63) is 362 Å². The topological polar surface area (TPSA) is 402 Å². The molecule has 744 valence electrons. The monoisotopic (exact) mass is 1930 g/mol. The predicted molar refractivity (Wildman–Crippen MR) is 573 cm³/mol. The quantitative estimate of drug-likeness (QED) is 0.0174. The predicted octanol–water partition coefficient (Wildman–Crippen LogP) is 17.5. The SMILES string of the molecule is CC(C)(C)c1ccc(-c2nc(NCCCNC3Cc4ccccc4C3)n3[nH]c(=O)c(Cc4ccccc4)c3n2)cc1.CC(C)(C)c1ccc(-c2nc(NCCCNC3Cc4ccccc4C3)n3[nH]c(=O)c(Cc4cnc[nH]4)c3n2)cc1.CC(C)(C)c1ccc(-c2nc(NCCCO)n3[nH]c(=O)c(Cc4ccccc4)c3n2)cc1.CCCCNc1nc(-c2ccc(C(C)(C)C)cc2)nc2c(Cc3cnc[nH]3)c(=O)[nH]n12. The van der Waals surface area contributed by atoms with Crippen LogP contribution in [0.2, 0.25) is 0 Å². The minimum atomic E-state index is -0.186. The summed E-state index contributed by atoms with van der Waals surface area (Å²) >= 11 is 0. The lowest BCUT2D eigenvalue weighted by Gasteiger charge is -2.19. The molecule has 13 N–H and O–H groups in total. The fourth-order valence-electron chi connectivity index (χ4n) is 18.1. The highest BCUT2D eigenvalue weighted by molar-refractivity contribution is 5.68. The standard InChI is InChI=1S/C34H38N6O.C31H36N8O.C25H29N5O2.C23H29N7O/c1-34(2,3)27-16-14-24(15-17-27)30-37-31-29(20-23-10-5-4-6-11-23)32(41)39-40(31)33(38-30)36-19-9-18-35-28-21-25-12-7-8-13-26(25)22-28;1-31(2,3)23-11-9-20(10-12-23)27-36-28-26(17-25-18-32-19-35-25)29(40)38-39(28)30(37-27)34-14-6-13-33-24-15-21-7-4-5-8-22(21)16-24;1-25(2,3)19-12-10-18(11-13-19)21-27-22-20(16-17-8-5-4-6-9-17)23(32)29-30(22)24(28-21)26-14-7-15-31;1-5-6-11-25-22-28-19(15-7-9-16(10-8-15)23(2,3)4)27-20-18(21(31)29-30(20)22)12-17-13-24-14-26-17/h4-8,10-17,28,35H,9,18-22H2,1-3H3,(H,39,41)(H,36,37,38);4-5,7-12,18-19,24,33H,6,13-17H2,1-3H3,(H,32,35)(H,38,40)(H,34,36,37);4-6,8-13,31H,7,14-16H2,1-3H3,(H,29,32)(H,26,27,28);7-10,13-14H,5-6,11-12H2,1-4H3,(H,24,26)(H,29,31)(H,25,27,28). The Morgan fingerprint density at radius 1 is 0.319 bits per heavy atom. The second kappa shape index (κ2) is 44.4.